The number of anilines is 2. The number of furan rings is 1. The van der Waals surface area contributed by atoms with E-state index in [1.807, 2.05) is 32.0 Å². The third-order valence-electron chi connectivity index (χ3n) is 4.79. The molecule has 1 aliphatic rings. The van der Waals surface area contributed by atoms with Crippen molar-refractivity contribution in [2.24, 2.45) is 0 Å². The van der Waals surface area contributed by atoms with Gasteiger partial charge in [-0.25, -0.2) is 4.98 Å². The molecule has 0 unspecified atom stereocenters. The zero-order valence-corrected chi connectivity index (χ0v) is 17.6. The third-order valence-corrected chi connectivity index (χ3v) is 5.29. The number of ether oxygens (including phenoxy) is 1. The van der Waals surface area contributed by atoms with Gasteiger partial charge in [0.05, 0.1) is 24.2 Å². The lowest BCUT2D eigenvalue weighted by Crippen LogP contribution is -2.37. The molecule has 3 heterocycles. The highest BCUT2D eigenvalue weighted by Crippen LogP contribution is 2.33. The van der Waals surface area contributed by atoms with E-state index in [4.69, 9.17) is 9.15 Å². The first-order chi connectivity index (χ1) is 13.4. The smallest absolute Gasteiger partial charge is 0.260 e. The number of hydrogen-bond acceptors (Lipinski definition) is 6. The molecule has 1 amide bonds. The van der Waals surface area contributed by atoms with E-state index >= 15 is 0 Å². The lowest BCUT2D eigenvalue weighted by atomic mass is 10.1. The molecular formula is C20H21BrN4O3. The van der Waals surface area contributed by atoms with Gasteiger partial charge in [-0.2, -0.15) is 4.98 Å². The molecule has 3 aromatic rings. The molecule has 8 heteroatoms. The van der Waals surface area contributed by atoms with Crippen LogP contribution >= 0.6 is 15.9 Å². The Bertz CT molecular complexity index is 1060. The van der Waals surface area contributed by atoms with Crippen molar-refractivity contribution in [1.82, 2.24) is 9.97 Å². The molecule has 28 heavy (non-hydrogen) atoms. The zero-order valence-electron chi connectivity index (χ0n) is 16.0. The van der Waals surface area contributed by atoms with Gasteiger partial charge in [0.25, 0.3) is 5.91 Å². The van der Waals surface area contributed by atoms with E-state index in [2.05, 4.69) is 36.1 Å². The van der Waals surface area contributed by atoms with Crippen LogP contribution in [0.25, 0.3) is 11.1 Å². The van der Waals surface area contributed by atoms with Crippen LogP contribution in [0.4, 0.5) is 11.5 Å². The Morgan fingerprint density at radius 2 is 1.93 bits per heavy atom. The minimum Gasteiger partial charge on any atom is -0.442 e. The average Bonchev–Trinajstić information content (AvgIpc) is 2.99. The van der Waals surface area contributed by atoms with E-state index in [0.29, 0.717) is 54.6 Å². The normalized spacial score (nSPS) is 14.5. The predicted octanol–water partition coefficient (Wildman–Crippen LogP) is 4.00. The van der Waals surface area contributed by atoms with Gasteiger partial charge in [0.1, 0.15) is 17.4 Å². The fraction of sp³-hybridized carbons (Fsp3) is 0.350. The number of aromatic nitrogens is 2. The summed E-state index contributed by atoms with van der Waals surface area (Å²) < 4.78 is 12.3. The Morgan fingerprint density at radius 1 is 1.18 bits per heavy atom. The second kappa shape index (κ2) is 7.52. The van der Waals surface area contributed by atoms with Crippen molar-refractivity contribution in [2.45, 2.75) is 20.8 Å². The van der Waals surface area contributed by atoms with Gasteiger partial charge in [-0.3, -0.25) is 4.79 Å². The third kappa shape index (κ3) is 3.49. The van der Waals surface area contributed by atoms with E-state index in [-0.39, 0.29) is 5.91 Å². The highest BCUT2D eigenvalue weighted by atomic mass is 79.9. The molecule has 1 aliphatic heterocycles. The number of hydrogen-bond donors (Lipinski definition) is 1. The van der Waals surface area contributed by atoms with E-state index < -0.39 is 0 Å². The number of carbonyl (C=O) groups excluding carboxylic acids is 1. The number of halogens is 1. The Labute approximate surface area is 171 Å². The number of benzene rings is 1. The monoisotopic (exact) mass is 444 g/mol. The molecule has 1 fully saturated rings. The standard InChI is InChI=1S/C20H21BrN4O3/c1-11-10-14(21)4-5-15(11)24-19(26)16-12(2)28-20-17(16)18(22-13(3)23-20)25-6-8-27-9-7-25/h4-5,10H,6-9H2,1-3H3,(H,24,26). The van der Waals surface area contributed by atoms with Crippen molar-refractivity contribution in [3.8, 4) is 0 Å². The van der Waals surface area contributed by atoms with Crippen LogP contribution in [0.15, 0.2) is 27.1 Å². The van der Waals surface area contributed by atoms with Gasteiger partial charge in [-0.05, 0) is 44.5 Å². The molecule has 146 valence electrons. The molecule has 0 spiro atoms. The second-order valence-electron chi connectivity index (χ2n) is 6.82. The number of morpholine rings is 1. The summed E-state index contributed by atoms with van der Waals surface area (Å²) in [4.78, 5) is 24.3. The zero-order chi connectivity index (χ0) is 19.8. The van der Waals surface area contributed by atoms with Crippen LogP contribution in [-0.2, 0) is 4.74 Å². The number of rotatable bonds is 3. The average molecular weight is 445 g/mol. The highest BCUT2D eigenvalue weighted by molar-refractivity contribution is 9.10. The summed E-state index contributed by atoms with van der Waals surface area (Å²) in [6.07, 6.45) is 0. The van der Waals surface area contributed by atoms with Gasteiger partial charge >= 0.3 is 0 Å². The summed E-state index contributed by atoms with van der Waals surface area (Å²) >= 11 is 3.45. The first-order valence-electron chi connectivity index (χ1n) is 9.12. The Morgan fingerprint density at radius 3 is 2.64 bits per heavy atom. The fourth-order valence-electron chi connectivity index (χ4n) is 3.43. The first-order valence-corrected chi connectivity index (χ1v) is 9.91. The van der Waals surface area contributed by atoms with Crippen LogP contribution in [0.2, 0.25) is 0 Å². The topological polar surface area (TPSA) is 80.5 Å². The summed E-state index contributed by atoms with van der Waals surface area (Å²) in [7, 11) is 0. The molecule has 4 rings (SSSR count). The number of carbonyl (C=O) groups is 1. The first kappa shape index (κ1) is 18.9. The second-order valence-corrected chi connectivity index (χ2v) is 7.74. The summed E-state index contributed by atoms with van der Waals surface area (Å²) in [5, 5.41) is 3.65. The maximum Gasteiger partial charge on any atom is 0.260 e. The van der Waals surface area contributed by atoms with Crippen LogP contribution in [0.5, 0.6) is 0 Å². The molecule has 0 saturated carbocycles. The quantitative estimate of drug-likeness (QED) is 0.657. The van der Waals surface area contributed by atoms with Gasteiger partial charge in [0, 0.05) is 23.2 Å². The van der Waals surface area contributed by atoms with Crippen molar-refractivity contribution in [3.05, 3.63) is 45.4 Å². The number of nitrogens with zero attached hydrogens (tertiary/aromatic N) is 3. The maximum atomic E-state index is 13.2. The number of amides is 1. The maximum absolute atomic E-state index is 13.2. The van der Waals surface area contributed by atoms with Gasteiger partial charge in [-0.1, -0.05) is 15.9 Å². The summed E-state index contributed by atoms with van der Waals surface area (Å²) in [6.45, 7) is 8.23. The minimum atomic E-state index is -0.233. The number of fused-ring (bicyclic) bond motifs is 1. The van der Waals surface area contributed by atoms with Crippen molar-refractivity contribution in [1.29, 1.82) is 0 Å². The lowest BCUT2D eigenvalue weighted by molar-refractivity contribution is 0.102. The van der Waals surface area contributed by atoms with Crippen molar-refractivity contribution in [2.75, 3.05) is 36.5 Å². The Balaban J connectivity index is 1.79. The van der Waals surface area contributed by atoms with E-state index in [9.17, 15) is 4.79 Å². The van der Waals surface area contributed by atoms with Crippen molar-refractivity contribution in [3.63, 3.8) is 0 Å². The SMILES string of the molecule is Cc1nc(N2CCOCC2)c2c(C(=O)Nc3ccc(Br)cc3C)c(C)oc2n1. The van der Waals surface area contributed by atoms with Crippen LogP contribution in [-0.4, -0.2) is 42.2 Å². The molecule has 1 aromatic carbocycles. The highest BCUT2D eigenvalue weighted by Gasteiger charge is 2.27. The molecule has 2 aromatic heterocycles. The molecule has 7 nitrogen and oxygen atoms in total. The number of nitrogens with one attached hydrogen (secondary N) is 1. The molecule has 0 atom stereocenters. The largest absolute Gasteiger partial charge is 0.442 e. The van der Waals surface area contributed by atoms with Crippen LogP contribution in [0, 0.1) is 20.8 Å². The minimum absolute atomic E-state index is 0.233. The molecular weight excluding hydrogens is 424 g/mol. The van der Waals surface area contributed by atoms with Crippen LogP contribution in [0.3, 0.4) is 0 Å². The lowest BCUT2D eigenvalue weighted by Gasteiger charge is -2.28. The number of aryl methyl sites for hydroxylation is 3. The fourth-order valence-corrected chi connectivity index (χ4v) is 3.90. The van der Waals surface area contributed by atoms with Gasteiger partial charge in [-0.15, -0.1) is 0 Å². The van der Waals surface area contributed by atoms with Crippen LogP contribution in [0.1, 0.15) is 27.5 Å². The van der Waals surface area contributed by atoms with E-state index in [0.717, 1.165) is 21.5 Å². The van der Waals surface area contributed by atoms with E-state index in [1.54, 1.807) is 6.92 Å². The Hall–Kier alpha value is -2.45. The summed E-state index contributed by atoms with van der Waals surface area (Å²) in [5.41, 5.74) is 2.62. The molecule has 1 saturated heterocycles. The van der Waals surface area contributed by atoms with E-state index in [1.165, 1.54) is 0 Å². The Kier molecular flexibility index (Phi) is 5.07. The van der Waals surface area contributed by atoms with Gasteiger partial charge in [0.15, 0.2) is 0 Å². The van der Waals surface area contributed by atoms with Crippen molar-refractivity contribution >= 4 is 44.4 Å². The van der Waals surface area contributed by atoms with Crippen molar-refractivity contribution < 1.29 is 13.9 Å². The predicted molar refractivity (Wildman–Crippen MR) is 111 cm³/mol. The van der Waals surface area contributed by atoms with Gasteiger partial charge in [0.2, 0.25) is 5.71 Å². The molecule has 1 N–H and O–H groups in total. The molecule has 0 bridgehead atoms. The van der Waals surface area contributed by atoms with Gasteiger partial charge < -0.3 is 19.4 Å². The molecule has 0 radical (unpaired) electrons. The van der Waals surface area contributed by atoms with Crippen LogP contribution < -0.4 is 10.2 Å². The summed E-state index contributed by atoms with van der Waals surface area (Å²) in [5.74, 6) is 1.62. The molecule has 0 aliphatic carbocycles. The summed E-state index contributed by atoms with van der Waals surface area (Å²) in [6, 6.07) is 5.73.